The highest BCUT2D eigenvalue weighted by molar-refractivity contribution is 7.98. The molecule has 230 valence electrons. The second kappa shape index (κ2) is 16.8. The van der Waals surface area contributed by atoms with Crippen LogP contribution in [0.25, 0.3) is 22.3 Å². The summed E-state index contributed by atoms with van der Waals surface area (Å²) in [6.07, 6.45) is 13.8. The molecule has 0 bridgehead atoms. The van der Waals surface area contributed by atoms with E-state index >= 15 is 0 Å². The second-order valence-corrected chi connectivity index (χ2v) is 13.5. The van der Waals surface area contributed by atoms with Crippen molar-refractivity contribution in [2.75, 3.05) is 5.75 Å². The van der Waals surface area contributed by atoms with E-state index in [0.29, 0.717) is 16.9 Å². The predicted octanol–water partition coefficient (Wildman–Crippen LogP) is 10.6. The van der Waals surface area contributed by atoms with Gasteiger partial charge < -0.3 is 14.6 Å². The summed E-state index contributed by atoms with van der Waals surface area (Å²) >= 11 is 1.61. The molecular weight excluding hydrogens is 547 g/mol. The van der Waals surface area contributed by atoms with Crippen molar-refractivity contribution in [3.8, 4) is 22.8 Å². The first-order valence-corrected chi connectivity index (χ1v) is 16.7. The summed E-state index contributed by atoms with van der Waals surface area (Å²) in [5.74, 6) is 2.62. The maximum Gasteiger partial charge on any atom is 0.201 e. The molecule has 0 unspecified atom stereocenters. The van der Waals surface area contributed by atoms with Gasteiger partial charge in [0, 0.05) is 17.1 Å². The third kappa shape index (κ3) is 10.2. The first kappa shape index (κ1) is 33.8. The van der Waals surface area contributed by atoms with E-state index in [1.807, 2.05) is 0 Å². The highest BCUT2D eigenvalue weighted by Crippen LogP contribution is 2.36. The Balaban J connectivity index is 1.51. The van der Waals surface area contributed by atoms with Crippen LogP contribution in [0.4, 0.5) is 4.39 Å². The van der Waals surface area contributed by atoms with Crippen molar-refractivity contribution in [1.82, 2.24) is 0 Å². The van der Waals surface area contributed by atoms with Crippen LogP contribution in [-0.4, -0.2) is 16.0 Å². The van der Waals surface area contributed by atoms with Crippen molar-refractivity contribution in [2.45, 2.75) is 98.2 Å². The first-order chi connectivity index (χ1) is 20.1. The van der Waals surface area contributed by atoms with Gasteiger partial charge in [-0.3, -0.25) is 4.79 Å². The molecule has 4 nitrogen and oxygen atoms in total. The van der Waals surface area contributed by atoms with E-state index in [0.717, 1.165) is 29.9 Å². The number of hydrogen-bond donors (Lipinski definition) is 2. The molecule has 1 heterocycles. The fourth-order valence-electron chi connectivity index (χ4n) is 5.41. The van der Waals surface area contributed by atoms with E-state index in [2.05, 4.69) is 40.7 Å². The standard InChI is InChI=1S/C36H49FO4S/c1-24(2)9-6-10-25(3)11-7-12-26(4)13-8-14-27(5)21-22-42-23-31-33(39)30-19-20-32(38)34(40)36(30)41-35(31)28-15-17-29(37)18-16-28/h15-21,24-26,38,40H,6-14,22-23H2,1-5H3/b27-21+/t25-,26-/m1/s1. The van der Waals surface area contributed by atoms with Gasteiger partial charge in [0.05, 0.1) is 10.9 Å². The summed E-state index contributed by atoms with van der Waals surface area (Å²) in [5, 5.41) is 20.4. The molecule has 0 amide bonds. The van der Waals surface area contributed by atoms with Crippen molar-refractivity contribution in [3.63, 3.8) is 0 Å². The van der Waals surface area contributed by atoms with Crippen LogP contribution in [-0.2, 0) is 5.75 Å². The number of benzene rings is 2. The quantitative estimate of drug-likeness (QED) is 0.0921. The third-order valence-corrected chi connectivity index (χ3v) is 9.05. The molecule has 0 fully saturated rings. The average molecular weight is 597 g/mol. The van der Waals surface area contributed by atoms with Gasteiger partial charge in [-0.25, -0.2) is 4.39 Å². The molecule has 3 rings (SSSR count). The molecule has 0 radical (unpaired) electrons. The fourth-order valence-corrected chi connectivity index (χ4v) is 6.40. The largest absolute Gasteiger partial charge is 0.504 e. The summed E-state index contributed by atoms with van der Waals surface area (Å²) in [6, 6.07) is 8.45. The molecule has 2 aromatic carbocycles. The molecule has 3 aromatic rings. The molecule has 42 heavy (non-hydrogen) atoms. The topological polar surface area (TPSA) is 70.7 Å². The molecule has 0 aliphatic heterocycles. The van der Waals surface area contributed by atoms with Crippen LogP contribution < -0.4 is 5.43 Å². The third-order valence-electron chi connectivity index (χ3n) is 8.15. The Morgan fingerprint density at radius 1 is 0.905 bits per heavy atom. The lowest BCUT2D eigenvalue weighted by atomic mass is 9.91. The number of halogens is 1. The van der Waals surface area contributed by atoms with Gasteiger partial charge in [-0.2, -0.15) is 11.8 Å². The first-order valence-electron chi connectivity index (χ1n) is 15.6. The minimum atomic E-state index is -0.480. The maximum absolute atomic E-state index is 13.6. The Morgan fingerprint density at radius 2 is 1.52 bits per heavy atom. The van der Waals surface area contributed by atoms with Crippen LogP contribution in [0.1, 0.15) is 98.0 Å². The van der Waals surface area contributed by atoms with Crippen LogP contribution in [0.5, 0.6) is 11.5 Å². The molecule has 0 aliphatic carbocycles. The van der Waals surface area contributed by atoms with Crippen molar-refractivity contribution in [1.29, 1.82) is 0 Å². The van der Waals surface area contributed by atoms with E-state index in [1.165, 1.54) is 81.2 Å². The van der Waals surface area contributed by atoms with Crippen molar-refractivity contribution < 1.29 is 19.0 Å². The molecule has 0 saturated carbocycles. The van der Waals surface area contributed by atoms with Crippen LogP contribution in [0, 0.1) is 23.6 Å². The highest BCUT2D eigenvalue weighted by Gasteiger charge is 2.19. The lowest BCUT2D eigenvalue weighted by molar-refractivity contribution is 0.389. The monoisotopic (exact) mass is 596 g/mol. The smallest absolute Gasteiger partial charge is 0.201 e. The number of phenols is 2. The Hall–Kier alpha value is -2.73. The molecule has 0 saturated heterocycles. The van der Waals surface area contributed by atoms with Crippen molar-refractivity contribution in [2.24, 2.45) is 17.8 Å². The molecule has 2 N–H and O–H groups in total. The van der Waals surface area contributed by atoms with Gasteiger partial charge in [0.1, 0.15) is 11.6 Å². The van der Waals surface area contributed by atoms with E-state index in [-0.39, 0.29) is 27.9 Å². The number of thioether (sulfide) groups is 1. The summed E-state index contributed by atoms with van der Waals surface area (Å²) < 4.78 is 19.5. The number of fused-ring (bicyclic) bond motifs is 1. The number of allylic oxidation sites excluding steroid dienone is 1. The van der Waals surface area contributed by atoms with Gasteiger partial charge in [0.2, 0.25) is 5.75 Å². The van der Waals surface area contributed by atoms with Gasteiger partial charge >= 0.3 is 0 Å². The van der Waals surface area contributed by atoms with E-state index in [9.17, 15) is 19.4 Å². The van der Waals surface area contributed by atoms with Gasteiger partial charge in [-0.05, 0) is 73.9 Å². The Labute approximate surface area is 255 Å². The minimum Gasteiger partial charge on any atom is -0.504 e. The number of aromatic hydroxyl groups is 2. The van der Waals surface area contributed by atoms with Gasteiger partial charge in [0.25, 0.3) is 0 Å². The van der Waals surface area contributed by atoms with Crippen LogP contribution in [0.2, 0.25) is 0 Å². The average Bonchev–Trinajstić information content (AvgIpc) is 2.94. The Morgan fingerprint density at radius 3 is 2.17 bits per heavy atom. The molecule has 0 spiro atoms. The molecule has 2 atom stereocenters. The van der Waals surface area contributed by atoms with E-state index in [4.69, 9.17) is 4.42 Å². The van der Waals surface area contributed by atoms with Crippen LogP contribution in [0.3, 0.4) is 0 Å². The maximum atomic E-state index is 13.6. The Kier molecular flexibility index (Phi) is 13.5. The summed E-state index contributed by atoms with van der Waals surface area (Å²) in [4.78, 5) is 13.4. The van der Waals surface area contributed by atoms with Gasteiger partial charge in [-0.15, -0.1) is 0 Å². The zero-order valence-corrected chi connectivity index (χ0v) is 26.9. The number of phenolic OH excluding ortho intramolecular Hbond substituents is 2. The highest BCUT2D eigenvalue weighted by atomic mass is 32.2. The van der Waals surface area contributed by atoms with E-state index < -0.39 is 11.6 Å². The van der Waals surface area contributed by atoms with Crippen molar-refractivity contribution >= 4 is 22.7 Å². The number of hydrogen-bond acceptors (Lipinski definition) is 5. The predicted molar refractivity (Wildman–Crippen MR) is 176 cm³/mol. The Bertz CT molecular complexity index is 1360. The van der Waals surface area contributed by atoms with Gasteiger partial charge in [0.15, 0.2) is 16.8 Å². The SMILES string of the molecule is C/C(=C\CSCc1c(-c2ccc(F)cc2)oc2c(O)c(O)ccc2c1=O)CCC[C@H](C)CCC[C@H](C)CCCC(C)C. The normalized spacial score (nSPS) is 13.6. The lowest BCUT2D eigenvalue weighted by Gasteiger charge is -2.15. The minimum absolute atomic E-state index is 0.0748. The molecule has 1 aromatic heterocycles. The summed E-state index contributed by atoms with van der Waals surface area (Å²) in [7, 11) is 0. The zero-order chi connectivity index (χ0) is 30.6. The van der Waals surface area contributed by atoms with Crippen molar-refractivity contribution in [3.05, 3.63) is 69.7 Å². The van der Waals surface area contributed by atoms with E-state index in [1.54, 1.807) is 23.9 Å². The number of rotatable bonds is 17. The molecule has 0 aliphatic rings. The van der Waals surface area contributed by atoms with Gasteiger partial charge in [-0.1, -0.05) is 84.3 Å². The molecular formula is C36H49FO4S. The summed E-state index contributed by atoms with van der Waals surface area (Å²) in [6.45, 7) is 11.6. The van der Waals surface area contributed by atoms with Crippen LogP contribution >= 0.6 is 11.8 Å². The lowest BCUT2D eigenvalue weighted by Crippen LogP contribution is -2.10. The fraction of sp³-hybridized carbons (Fsp3) is 0.528. The molecule has 6 heteroatoms. The van der Waals surface area contributed by atoms with Crippen LogP contribution in [0.15, 0.2) is 57.3 Å². The summed E-state index contributed by atoms with van der Waals surface area (Å²) in [5.41, 5.74) is 2.01. The zero-order valence-electron chi connectivity index (χ0n) is 26.0. The second-order valence-electron chi connectivity index (χ2n) is 12.5.